The van der Waals surface area contributed by atoms with Crippen LogP contribution in [0.25, 0.3) is 11.1 Å². The fourth-order valence-electron chi connectivity index (χ4n) is 3.22. The summed E-state index contributed by atoms with van der Waals surface area (Å²) >= 11 is 0. The minimum Gasteiger partial charge on any atom is -0.508 e. The summed E-state index contributed by atoms with van der Waals surface area (Å²) in [5.74, 6) is 0.178. The second kappa shape index (κ2) is 5.42. The van der Waals surface area contributed by atoms with Gasteiger partial charge in [-0.1, -0.05) is 12.1 Å². The number of benzene rings is 2. The number of nitriles is 2. The van der Waals surface area contributed by atoms with Crippen LogP contribution in [0.2, 0.25) is 0 Å². The topological polar surface area (TPSA) is 93.8 Å². The van der Waals surface area contributed by atoms with E-state index in [1.807, 2.05) is 0 Å². The van der Waals surface area contributed by atoms with E-state index in [0.29, 0.717) is 11.1 Å². The SMILES string of the molecule is N#Cc1c(N)c(C#N)c(-c2ccc(O)cc2)c2c1CCCC2. The molecule has 3 rings (SSSR count). The maximum Gasteiger partial charge on any atom is 0.115 e. The summed E-state index contributed by atoms with van der Waals surface area (Å²) in [6.45, 7) is 0. The van der Waals surface area contributed by atoms with E-state index in [1.165, 1.54) is 0 Å². The first kappa shape index (κ1) is 14.0. The van der Waals surface area contributed by atoms with Crippen molar-refractivity contribution in [1.29, 1.82) is 10.5 Å². The van der Waals surface area contributed by atoms with Crippen LogP contribution in [0.4, 0.5) is 5.69 Å². The number of anilines is 1. The molecule has 22 heavy (non-hydrogen) atoms. The van der Waals surface area contributed by atoms with Gasteiger partial charge in [0.15, 0.2) is 0 Å². The predicted molar refractivity (Wildman–Crippen MR) is 84.0 cm³/mol. The quantitative estimate of drug-likeness (QED) is 0.788. The molecule has 2 aromatic carbocycles. The van der Waals surface area contributed by atoms with Gasteiger partial charge < -0.3 is 10.8 Å². The lowest BCUT2D eigenvalue weighted by molar-refractivity contribution is 0.475. The van der Waals surface area contributed by atoms with Gasteiger partial charge >= 0.3 is 0 Å². The lowest BCUT2D eigenvalue weighted by Crippen LogP contribution is -2.12. The van der Waals surface area contributed by atoms with Crippen LogP contribution in [-0.4, -0.2) is 5.11 Å². The Balaban J connectivity index is 2.38. The Morgan fingerprint density at radius 2 is 1.50 bits per heavy atom. The van der Waals surface area contributed by atoms with Crippen LogP contribution in [-0.2, 0) is 12.8 Å². The fourth-order valence-corrected chi connectivity index (χ4v) is 3.22. The Morgan fingerprint density at radius 1 is 0.909 bits per heavy atom. The van der Waals surface area contributed by atoms with Gasteiger partial charge in [0.05, 0.1) is 16.8 Å². The van der Waals surface area contributed by atoms with Gasteiger partial charge in [-0.3, -0.25) is 0 Å². The summed E-state index contributed by atoms with van der Waals surface area (Å²) in [6.07, 6.45) is 3.73. The number of rotatable bonds is 1. The van der Waals surface area contributed by atoms with E-state index in [2.05, 4.69) is 12.1 Å². The van der Waals surface area contributed by atoms with Crippen molar-refractivity contribution < 1.29 is 5.11 Å². The third kappa shape index (κ3) is 2.06. The van der Waals surface area contributed by atoms with E-state index >= 15 is 0 Å². The first-order valence-electron chi connectivity index (χ1n) is 7.24. The van der Waals surface area contributed by atoms with E-state index in [4.69, 9.17) is 5.73 Å². The van der Waals surface area contributed by atoms with Crippen molar-refractivity contribution in [3.05, 3.63) is 46.5 Å². The Labute approximate surface area is 129 Å². The summed E-state index contributed by atoms with van der Waals surface area (Å²) in [6, 6.07) is 11.1. The van der Waals surface area contributed by atoms with Gasteiger partial charge in [-0.05, 0) is 54.5 Å². The number of phenolic OH excluding ortho intramolecular Hbond substituents is 1. The minimum atomic E-state index is 0.178. The molecular formula is C18H15N3O. The molecule has 0 radical (unpaired) electrons. The average molecular weight is 289 g/mol. The van der Waals surface area contributed by atoms with Crippen LogP contribution in [0, 0.1) is 22.7 Å². The summed E-state index contributed by atoms with van der Waals surface area (Å²) in [7, 11) is 0. The van der Waals surface area contributed by atoms with Gasteiger partial charge in [0.25, 0.3) is 0 Å². The van der Waals surface area contributed by atoms with Crippen molar-refractivity contribution in [1.82, 2.24) is 0 Å². The number of nitrogen functional groups attached to an aromatic ring is 1. The number of fused-ring (bicyclic) bond motifs is 1. The van der Waals surface area contributed by atoms with Crippen molar-refractivity contribution in [2.24, 2.45) is 0 Å². The molecule has 3 N–H and O–H groups in total. The maximum absolute atomic E-state index is 9.55. The lowest BCUT2D eigenvalue weighted by Gasteiger charge is -2.23. The second-order valence-electron chi connectivity index (χ2n) is 5.47. The van der Waals surface area contributed by atoms with Crippen LogP contribution in [0.15, 0.2) is 24.3 Å². The maximum atomic E-state index is 9.55. The highest BCUT2D eigenvalue weighted by Gasteiger charge is 2.25. The van der Waals surface area contributed by atoms with Crippen molar-refractivity contribution >= 4 is 5.69 Å². The first-order valence-corrected chi connectivity index (χ1v) is 7.24. The molecule has 0 bridgehead atoms. The molecule has 1 aliphatic carbocycles. The molecule has 1 aliphatic rings. The Kier molecular flexibility index (Phi) is 3.45. The van der Waals surface area contributed by atoms with E-state index in [-0.39, 0.29) is 11.4 Å². The highest BCUT2D eigenvalue weighted by Crippen LogP contribution is 2.40. The largest absolute Gasteiger partial charge is 0.508 e. The Bertz CT molecular complexity index is 824. The van der Waals surface area contributed by atoms with Crippen LogP contribution in [0.1, 0.15) is 35.1 Å². The molecule has 2 aromatic rings. The van der Waals surface area contributed by atoms with E-state index in [9.17, 15) is 15.6 Å². The normalized spacial score (nSPS) is 13.0. The molecule has 0 heterocycles. The van der Waals surface area contributed by atoms with Crippen molar-refractivity contribution in [3.8, 4) is 29.0 Å². The van der Waals surface area contributed by atoms with Crippen molar-refractivity contribution in [2.45, 2.75) is 25.7 Å². The minimum absolute atomic E-state index is 0.178. The molecule has 0 saturated heterocycles. The Morgan fingerprint density at radius 3 is 2.09 bits per heavy atom. The van der Waals surface area contributed by atoms with Crippen LogP contribution in [0.3, 0.4) is 0 Å². The summed E-state index contributed by atoms with van der Waals surface area (Å²) in [4.78, 5) is 0. The standard InChI is InChI=1S/C18H15N3O/c19-9-15-13-3-1-2-4-14(13)17(16(10-20)18(15)21)11-5-7-12(22)8-6-11/h5-8,22H,1-4,21H2. The van der Waals surface area contributed by atoms with Gasteiger partial charge in [0.2, 0.25) is 0 Å². The number of hydrogen-bond donors (Lipinski definition) is 2. The number of aromatic hydroxyl groups is 1. The molecule has 0 unspecified atom stereocenters. The zero-order valence-electron chi connectivity index (χ0n) is 12.1. The lowest BCUT2D eigenvalue weighted by atomic mass is 9.80. The smallest absolute Gasteiger partial charge is 0.115 e. The molecule has 0 atom stereocenters. The zero-order chi connectivity index (χ0) is 15.7. The summed E-state index contributed by atoms with van der Waals surface area (Å²) < 4.78 is 0. The van der Waals surface area contributed by atoms with Crippen molar-refractivity contribution in [2.75, 3.05) is 5.73 Å². The van der Waals surface area contributed by atoms with Gasteiger partial charge in [0.1, 0.15) is 17.9 Å². The number of hydrogen-bond acceptors (Lipinski definition) is 4. The predicted octanol–water partition coefficient (Wildman–Crippen LogP) is 3.26. The third-order valence-electron chi connectivity index (χ3n) is 4.24. The second-order valence-corrected chi connectivity index (χ2v) is 5.47. The number of nitrogens with zero attached hydrogens (tertiary/aromatic N) is 2. The van der Waals surface area contributed by atoms with Gasteiger partial charge in [0, 0.05) is 5.56 Å². The molecule has 0 saturated carbocycles. The van der Waals surface area contributed by atoms with Crippen LogP contribution < -0.4 is 5.73 Å². The number of nitrogens with two attached hydrogens (primary N) is 1. The molecule has 4 nitrogen and oxygen atoms in total. The summed E-state index contributed by atoms with van der Waals surface area (Å²) in [5, 5.41) is 28.4. The van der Waals surface area contributed by atoms with Crippen molar-refractivity contribution in [3.63, 3.8) is 0 Å². The Hall–Kier alpha value is -2.98. The van der Waals surface area contributed by atoms with E-state index in [0.717, 1.165) is 47.9 Å². The van der Waals surface area contributed by atoms with E-state index < -0.39 is 0 Å². The van der Waals surface area contributed by atoms with Gasteiger partial charge in [-0.25, -0.2) is 0 Å². The monoisotopic (exact) mass is 289 g/mol. The highest BCUT2D eigenvalue weighted by molar-refractivity contribution is 5.85. The number of phenols is 1. The molecule has 0 spiro atoms. The van der Waals surface area contributed by atoms with Gasteiger partial charge in [-0.2, -0.15) is 10.5 Å². The molecule has 0 aromatic heterocycles. The highest BCUT2D eigenvalue weighted by atomic mass is 16.3. The molecule has 0 aliphatic heterocycles. The average Bonchev–Trinajstić information content (AvgIpc) is 2.55. The zero-order valence-corrected chi connectivity index (χ0v) is 12.1. The molecule has 4 heteroatoms. The first-order chi connectivity index (χ1) is 10.7. The molecule has 108 valence electrons. The van der Waals surface area contributed by atoms with E-state index in [1.54, 1.807) is 24.3 Å². The fraction of sp³-hybridized carbons (Fsp3) is 0.222. The molecule has 0 fully saturated rings. The van der Waals surface area contributed by atoms with Crippen LogP contribution >= 0.6 is 0 Å². The van der Waals surface area contributed by atoms with Crippen LogP contribution in [0.5, 0.6) is 5.75 Å². The third-order valence-corrected chi connectivity index (χ3v) is 4.24. The molecule has 0 amide bonds. The van der Waals surface area contributed by atoms with Gasteiger partial charge in [-0.15, -0.1) is 0 Å². The summed E-state index contributed by atoms with van der Waals surface area (Å²) in [5.41, 5.74) is 10.9. The molecular weight excluding hydrogens is 274 g/mol.